The van der Waals surface area contributed by atoms with Crippen LogP contribution in [0.3, 0.4) is 0 Å². The number of carboxylic acids is 1. The summed E-state index contributed by atoms with van der Waals surface area (Å²) in [6, 6.07) is 0. The van der Waals surface area contributed by atoms with E-state index in [-0.39, 0.29) is 12.8 Å². The maximum Gasteiger partial charge on any atom is 0.317 e. The molecule has 1 aliphatic rings. The highest BCUT2D eigenvalue weighted by molar-refractivity contribution is 6.26. The number of ether oxygens (including phenoxy) is 1. The van der Waals surface area contributed by atoms with Crippen molar-refractivity contribution in [2.75, 3.05) is 7.11 Å². The van der Waals surface area contributed by atoms with Gasteiger partial charge >= 0.3 is 11.9 Å². The van der Waals surface area contributed by atoms with Crippen LogP contribution in [0.15, 0.2) is 0 Å². The number of carbonyl (C=O) groups is 4. The molecule has 1 N–H and O–H groups in total. The van der Waals surface area contributed by atoms with E-state index in [1.165, 1.54) is 0 Å². The van der Waals surface area contributed by atoms with Gasteiger partial charge in [-0.1, -0.05) is 13.8 Å². The molecule has 0 aromatic carbocycles. The molecule has 0 amide bonds. The van der Waals surface area contributed by atoms with Gasteiger partial charge in [-0.3, -0.25) is 19.2 Å². The molecule has 6 nitrogen and oxygen atoms in total. The standard InChI is InChI=1S/C12H16O6/c1-4-12(5-2)8(13)6(10(15)16)7(9(12)14)11(17)18-3/h6-7H,4-5H2,1-3H3,(H,15,16). The zero-order chi connectivity index (χ0) is 14.1. The van der Waals surface area contributed by atoms with Gasteiger partial charge in [-0.05, 0) is 12.8 Å². The monoisotopic (exact) mass is 256 g/mol. The second-order valence-electron chi connectivity index (χ2n) is 4.33. The Morgan fingerprint density at radius 1 is 1.17 bits per heavy atom. The number of hydrogen-bond acceptors (Lipinski definition) is 5. The van der Waals surface area contributed by atoms with Crippen LogP contribution in [0.4, 0.5) is 0 Å². The van der Waals surface area contributed by atoms with Crippen LogP contribution in [0.2, 0.25) is 0 Å². The normalized spacial score (nSPS) is 26.2. The summed E-state index contributed by atoms with van der Waals surface area (Å²) in [5, 5.41) is 9.06. The molecule has 1 fully saturated rings. The molecule has 0 bridgehead atoms. The Balaban J connectivity index is 3.35. The van der Waals surface area contributed by atoms with Gasteiger partial charge in [-0.2, -0.15) is 0 Å². The van der Waals surface area contributed by atoms with E-state index in [1.54, 1.807) is 13.8 Å². The van der Waals surface area contributed by atoms with Crippen molar-refractivity contribution in [2.45, 2.75) is 26.7 Å². The molecular weight excluding hydrogens is 240 g/mol. The molecule has 1 saturated carbocycles. The third-order valence-electron chi connectivity index (χ3n) is 3.77. The van der Waals surface area contributed by atoms with Crippen molar-refractivity contribution in [3.8, 4) is 0 Å². The lowest BCUT2D eigenvalue weighted by atomic mass is 9.78. The van der Waals surface area contributed by atoms with Crippen LogP contribution in [0.1, 0.15) is 26.7 Å². The Kier molecular flexibility index (Phi) is 3.88. The first-order valence-electron chi connectivity index (χ1n) is 5.76. The summed E-state index contributed by atoms with van der Waals surface area (Å²) in [6.45, 7) is 3.27. The number of carbonyl (C=O) groups excluding carboxylic acids is 3. The van der Waals surface area contributed by atoms with E-state index in [0.717, 1.165) is 7.11 Å². The number of Topliss-reactive ketones (excluding diaryl/α,β-unsaturated/α-hetero) is 2. The lowest BCUT2D eigenvalue weighted by molar-refractivity contribution is -0.158. The first-order valence-corrected chi connectivity index (χ1v) is 5.76. The van der Waals surface area contributed by atoms with Crippen molar-refractivity contribution in [3.63, 3.8) is 0 Å². The summed E-state index contributed by atoms with van der Waals surface area (Å²) in [7, 11) is 1.07. The van der Waals surface area contributed by atoms with Gasteiger partial charge in [0.15, 0.2) is 11.6 Å². The minimum Gasteiger partial charge on any atom is -0.481 e. The van der Waals surface area contributed by atoms with Crippen LogP contribution in [0, 0.1) is 17.3 Å². The number of carboxylic acid groups (broad SMARTS) is 1. The van der Waals surface area contributed by atoms with Gasteiger partial charge in [-0.15, -0.1) is 0 Å². The smallest absolute Gasteiger partial charge is 0.317 e. The largest absolute Gasteiger partial charge is 0.481 e. The molecule has 0 saturated heterocycles. The first-order chi connectivity index (χ1) is 8.37. The van der Waals surface area contributed by atoms with Crippen molar-refractivity contribution in [1.29, 1.82) is 0 Å². The lowest BCUT2D eigenvalue weighted by Gasteiger charge is -2.22. The average molecular weight is 256 g/mol. The average Bonchev–Trinajstić information content (AvgIpc) is 2.57. The molecule has 0 heterocycles. The predicted octanol–water partition coefficient (Wildman–Crippen LogP) is 0.435. The fourth-order valence-corrected chi connectivity index (χ4v) is 2.59. The number of ketones is 2. The highest BCUT2D eigenvalue weighted by Gasteiger charge is 2.63. The zero-order valence-corrected chi connectivity index (χ0v) is 10.6. The van der Waals surface area contributed by atoms with E-state index >= 15 is 0 Å². The number of hydrogen-bond donors (Lipinski definition) is 1. The summed E-state index contributed by atoms with van der Waals surface area (Å²) in [4.78, 5) is 47.1. The molecule has 0 aromatic heterocycles. The third kappa shape index (κ3) is 1.72. The molecule has 0 spiro atoms. The number of rotatable bonds is 4. The van der Waals surface area contributed by atoms with Gasteiger partial charge in [0.2, 0.25) is 0 Å². The van der Waals surface area contributed by atoms with Gasteiger partial charge in [0.05, 0.1) is 12.5 Å². The summed E-state index contributed by atoms with van der Waals surface area (Å²) in [6.07, 6.45) is 0.386. The van der Waals surface area contributed by atoms with E-state index in [2.05, 4.69) is 4.74 Å². The second-order valence-corrected chi connectivity index (χ2v) is 4.33. The molecule has 2 atom stereocenters. The topological polar surface area (TPSA) is 97.7 Å². The zero-order valence-electron chi connectivity index (χ0n) is 10.6. The van der Waals surface area contributed by atoms with E-state index in [4.69, 9.17) is 5.11 Å². The van der Waals surface area contributed by atoms with Crippen LogP contribution in [-0.4, -0.2) is 35.7 Å². The Bertz CT molecular complexity index is 407. The van der Waals surface area contributed by atoms with Crippen molar-refractivity contribution in [3.05, 3.63) is 0 Å². The Hall–Kier alpha value is -1.72. The van der Waals surface area contributed by atoms with Crippen molar-refractivity contribution in [1.82, 2.24) is 0 Å². The SMILES string of the molecule is CCC1(CC)C(=O)C(C(=O)O)C(C(=O)OC)C1=O. The van der Waals surface area contributed by atoms with Crippen LogP contribution < -0.4 is 0 Å². The minimum absolute atomic E-state index is 0.193. The van der Waals surface area contributed by atoms with Gasteiger partial charge in [-0.25, -0.2) is 0 Å². The summed E-state index contributed by atoms with van der Waals surface area (Å²) in [5.41, 5.74) is -1.36. The van der Waals surface area contributed by atoms with E-state index in [0.29, 0.717) is 0 Å². The molecular formula is C12H16O6. The highest BCUT2D eigenvalue weighted by atomic mass is 16.5. The molecule has 6 heteroatoms. The molecule has 0 aliphatic heterocycles. The van der Waals surface area contributed by atoms with Crippen LogP contribution in [0.5, 0.6) is 0 Å². The minimum atomic E-state index is -1.62. The molecule has 0 aromatic rings. The second kappa shape index (κ2) is 4.88. The van der Waals surface area contributed by atoms with Crippen LogP contribution in [0.25, 0.3) is 0 Å². The van der Waals surface area contributed by atoms with Gasteiger partial charge in [0, 0.05) is 0 Å². The molecule has 2 unspecified atom stereocenters. The maximum absolute atomic E-state index is 12.2. The number of esters is 1. The predicted molar refractivity (Wildman–Crippen MR) is 59.7 cm³/mol. The van der Waals surface area contributed by atoms with Crippen LogP contribution >= 0.6 is 0 Å². The molecule has 0 radical (unpaired) electrons. The van der Waals surface area contributed by atoms with E-state index in [1.807, 2.05) is 0 Å². The van der Waals surface area contributed by atoms with Crippen molar-refractivity contribution >= 4 is 23.5 Å². The Labute approximate surface area is 104 Å². The van der Waals surface area contributed by atoms with Gasteiger partial charge in [0.25, 0.3) is 0 Å². The van der Waals surface area contributed by atoms with E-state index in [9.17, 15) is 19.2 Å². The molecule has 1 aliphatic carbocycles. The summed E-state index contributed by atoms with van der Waals surface area (Å²) >= 11 is 0. The fourth-order valence-electron chi connectivity index (χ4n) is 2.59. The third-order valence-corrected chi connectivity index (χ3v) is 3.77. The number of aliphatic carboxylic acids is 1. The molecule has 18 heavy (non-hydrogen) atoms. The maximum atomic E-state index is 12.2. The Morgan fingerprint density at radius 3 is 1.94 bits per heavy atom. The molecule has 1 rings (SSSR count). The van der Waals surface area contributed by atoms with Crippen molar-refractivity contribution in [2.24, 2.45) is 17.3 Å². The summed E-state index contributed by atoms with van der Waals surface area (Å²) < 4.78 is 4.44. The van der Waals surface area contributed by atoms with E-state index < -0.39 is 40.8 Å². The first kappa shape index (κ1) is 14.3. The number of methoxy groups -OCH3 is 1. The molecule has 100 valence electrons. The van der Waals surface area contributed by atoms with Crippen LogP contribution in [-0.2, 0) is 23.9 Å². The lowest BCUT2D eigenvalue weighted by Crippen LogP contribution is -2.34. The quantitative estimate of drug-likeness (QED) is 0.578. The van der Waals surface area contributed by atoms with Gasteiger partial charge in [0.1, 0.15) is 11.8 Å². The fraction of sp³-hybridized carbons (Fsp3) is 0.667. The summed E-state index contributed by atoms with van der Waals surface area (Å²) in [5.74, 6) is -6.85. The van der Waals surface area contributed by atoms with Gasteiger partial charge < -0.3 is 9.84 Å². The highest BCUT2D eigenvalue weighted by Crippen LogP contribution is 2.44. The Morgan fingerprint density at radius 2 is 1.61 bits per heavy atom. The van der Waals surface area contributed by atoms with Crippen molar-refractivity contribution < 1.29 is 29.0 Å².